The number of benzene rings is 2. The molecule has 1 heterocycles. The molecule has 4 rings (SSSR count). The van der Waals surface area contributed by atoms with E-state index in [1.54, 1.807) is 12.1 Å². The second-order valence-corrected chi connectivity index (χ2v) is 7.92. The lowest BCUT2D eigenvalue weighted by Gasteiger charge is -2.26. The maximum Gasteiger partial charge on any atom is 0.123 e. The highest BCUT2D eigenvalue weighted by atomic mass is 19.1. The Labute approximate surface area is 160 Å². The van der Waals surface area contributed by atoms with Gasteiger partial charge in [0.2, 0.25) is 0 Å². The first-order chi connectivity index (χ1) is 13.2. The molecule has 142 valence electrons. The Balaban J connectivity index is 1.20. The van der Waals surface area contributed by atoms with E-state index in [1.165, 1.54) is 24.0 Å². The van der Waals surface area contributed by atoms with E-state index in [1.807, 2.05) is 18.2 Å². The second kappa shape index (κ2) is 8.22. The van der Waals surface area contributed by atoms with Crippen LogP contribution in [0, 0.1) is 11.7 Å². The predicted molar refractivity (Wildman–Crippen MR) is 108 cm³/mol. The number of rotatable bonds is 7. The van der Waals surface area contributed by atoms with Gasteiger partial charge >= 0.3 is 0 Å². The van der Waals surface area contributed by atoms with Crippen molar-refractivity contribution >= 4 is 11.0 Å². The minimum absolute atomic E-state index is 0.101. The van der Waals surface area contributed by atoms with Gasteiger partial charge in [0.15, 0.2) is 0 Å². The first kappa shape index (κ1) is 18.2. The average molecular weight is 365 g/mol. The van der Waals surface area contributed by atoms with Crippen LogP contribution >= 0.6 is 0 Å². The van der Waals surface area contributed by atoms with Crippen LogP contribution in [0.3, 0.4) is 0 Å². The molecule has 1 aliphatic rings. The zero-order valence-corrected chi connectivity index (χ0v) is 16.0. The number of aryl methyl sites for hydroxylation is 2. The number of aromatic nitrogens is 2. The summed E-state index contributed by atoms with van der Waals surface area (Å²) < 4.78 is 13.3. The van der Waals surface area contributed by atoms with Crippen LogP contribution in [-0.2, 0) is 19.3 Å². The molecular weight excluding hydrogens is 337 g/mol. The van der Waals surface area contributed by atoms with Gasteiger partial charge in [-0.15, -0.1) is 0 Å². The van der Waals surface area contributed by atoms with Gasteiger partial charge < -0.3 is 9.88 Å². The van der Waals surface area contributed by atoms with Gasteiger partial charge in [0.1, 0.15) is 11.6 Å². The van der Waals surface area contributed by atoms with Crippen molar-refractivity contribution in [2.24, 2.45) is 5.92 Å². The van der Waals surface area contributed by atoms with Gasteiger partial charge in [-0.1, -0.05) is 18.2 Å². The third-order valence-corrected chi connectivity index (χ3v) is 5.81. The number of para-hydroxylation sites is 2. The normalized spacial score (nSPS) is 16.8. The van der Waals surface area contributed by atoms with Crippen LogP contribution in [0.2, 0.25) is 0 Å². The summed E-state index contributed by atoms with van der Waals surface area (Å²) in [6, 6.07) is 13.5. The van der Waals surface area contributed by atoms with Crippen molar-refractivity contribution in [3.05, 3.63) is 65.2 Å². The summed E-state index contributed by atoms with van der Waals surface area (Å²) in [7, 11) is 2.21. The predicted octanol–water partition coefficient (Wildman–Crippen LogP) is 4.76. The van der Waals surface area contributed by atoms with Crippen molar-refractivity contribution in [1.82, 2.24) is 14.9 Å². The molecule has 0 saturated heterocycles. The minimum atomic E-state index is -0.101. The van der Waals surface area contributed by atoms with E-state index in [9.17, 15) is 4.39 Å². The van der Waals surface area contributed by atoms with E-state index in [0.717, 1.165) is 61.5 Å². The molecule has 0 saturated carbocycles. The largest absolute Gasteiger partial charge is 0.342 e. The fraction of sp³-hybridized carbons (Fsp3) is 0.435. The molecule has 1 aliphatic carbocycles. The Bertz CT molecular complexity index is 869. The van der Waals surface area contributed by atoms with Crippen LogP contribution in [0.1, 0.15) is 36.2 Å². The summed E-state index contributed by atoms with van der Waals surface area (Å²) in [5.74, 6) is 1.71. The molecule has 1 N–H and O–H groups in total. The molecule has 2 aromatic carbocycles. The van der Waals surface area contributed by atoms with E-state index in [0.29, 0.717) is 0 Å². The van der Waals surface area contributed by atoms with Gasteiger partial charge in [0.25, 0.3) is 0 Å². The van der Waals surface area contributed by atoms with Crippen LogP contribution in [0.4, 0.5) is 4.39 Å². The number of hydrogen-bond acceptors (Lipinski definition) is 2. The topological polar surface area (TPSA) is 31.9 Å². The lowest BCUT2D eigenvalue weighted by Crippen LogP contribution is -2.25. The van der Waals surface area contributed by atoms with E-state index >= 15 is 0 Å². The van der Waals surface area contributed by atoms with Gasteiger partial charge in [-0.25, -0.2) is 9.37 Å². The molecule has 27 heavy (non-hydrogen) atoms. The molecule has 0 bridgehead atoms. The van der Waals surface area contributed by atoms with Gasteiger partial charge in [0, 0.05) is 6.42 Å². The van der Waals surface area contributed by atoms with Crippen molar-refractivity contribution < 1.29 is 4.39 Å². The van der Waals surface area contributed by atoms with Crippen LogP contribution in [0.5, 0.6) is 0 Å². The highest BCUT2D eigenvalue weighted by Gasteiger charge is 2.19. The molecule has 0 unspecified atom stereocenters. The Morgan fingerprint density at radius 1 is 1.15 bits per heavy atom. The molecule has 3 aromatic rings. The van der Waals surface area contributed by atoms with Gasteiger partial charge in [-0.2, -0.15) is 0 Å². The SMILES string of the molecule is CN(CCCc1nc2ccccc2[nH]1)CC[C@H]1CCc2cc(F)ccc2C1. The molecule has 4 heteroatoms. The summed E-state index contributed by atoms with van der Waals surface area (Å²) in [6.07, 6.45) is 6.63. The minimum Gasteiger partial charge on any atom is -0.342 e. The molecule has 0 aliphatic heterocycles. The Hall–Kier alpha value is -2.20. The van der Waals surface area contributed by atoms with Gasteiger partial charge in [-0.3, -0.25) is 0 Å². The van der Waals surface area contributed by atoms with Gasteiger partial charge in [0.05, 0.1) is 11.0 Å². The third-order valence-electron chi connectivity index (χ3n) is 5.81. The maximum atomic E-state index is 13.3. The van der Waals surface area contributed by atoms with Crippen molar-refractivity contribution in [3.8, 4) is 0 Å². The van der Waals surface area contributed by atoms with Crippen LogP contribution in [-0.4, -0.2) is 35.0 Å². The Morgan fingerprint density at radius 2 is 2.04 bits per heavy atom. The smallest absolute Gasteiger partial charge is 0.123 e. The molecule has 0 radical (unpaired) electrons. The number of nitrogens with zero attached hydrogens (tertiary/aromatic N) is 2. The van der Waals surface area contributed by atoms with Gasteiger partial charge in [-0.05, 0) is 93.6 Å². The highest BCUT2D eigenvalue weighted by Crippen LogP contribution is 2.28. The fourth-order valence-electron chi connectivity index (χ4n) is 4.20. The van der Waals surface area contributed by atoms with E-state index in [-0.39, 0.29) is 5.82 Å². The molecule has 1 aromatic heterocycles. The summed E-state index contributed by atoms with van der Waals surface area (Å²) in [5.41, 5.74) is 4.74. The van der Waals surface area contributed by atoms with Crippen molar-refractivity contribution in [1.29, 1.82) is 0 Å². The zero-order valence-electron chi connectivity index (χ0n) is 16.0. The first-order valence-electron chi connectivity index (χ1n) is 10.1. The fourth-order valence-corrected chi connectivity index (χ4v) is 4.20. The molecule has 3 nitrogen and oxygen atoms in total. The van der Waals surface area contributed by atoms with E-state index in [4.69, 9.17) is 0 Å². The first-order valence-corrected chi connectivity index (χ1v) is 10.1. The number of imidazole rings is 1. The number of hydrogen-bond donors (Lipinski definition) is 1. The molecule has 1 atom stereocenters. The second-order valence-electron chi connectivity index (χ2n) is 7.92. The number of nitrogens with one attached hydrogen (secondary N) is 1. The van der Waals surface area contributed by atoms with Crippen LogP contribution in [0.15, 0.2) is 42.5 Å². The van der Waals surface area contributed by atoms with Crippen molar-refractivity contribution in [2.75, 3.05) is 20.1 Å². The van der Waals surface area contributed by atoms with Crippen molar-refractivity contribution in [2.45, 2.75) is 38.5 Å². The van der Waals surface area contributed by atoms with E-state index in [2.05, 4.69) is 34.0 Å². The number of fused-ring (bicyclic) bond motifs is 2. The van der Waals surface area contributed by atoms with E-state index < -0.39 is 0 Å². The monoisotopic (exact) mass is 365 g/mol. The Kier molecular flexibility index (Phi) is 5.53. The highest BCUT2D eigenvalue weighted by molar-refractivity contribution is 5.74. The number of aromatic amines is 1. The molecular formula is C23H28FN3. The lowest BCUT2D eigenvalue weighted by molar-refractivity contribution is 0.285. The maximum absolute atomic E-state index is 13.3. The van der Waals surface area contributed by atoms with Crippen LogP contribution < -0.4 is 0 Å². The molecule has 0 amide bonds. The summed E-state index contributed by atoms with van der Waals surface area (Å²) in [4.78, 5) is 10.5. The summed E-state index contributed by atoms with van der Waals surface area (Å²) in [6.45, 7) is 2.22. The zero-order chi connectivity index (χ0) is 18.6. The summed E-state index contributed by atoms with van der Waals surface area (Å²) >= 11 is 0. The van der Waals surface area contributed by atoms with Crippen molar-refractivity contribution in [3.63, 3.8) is 0 Å². The van der Waals surface area contributed by atoms with Crippen LogP contribution in [0.25, 0.3) is 11.0 Å². The average Bonchev–Trinajstić information content (AvgIpc) is 3.09. The third kappa shape index (κ3) is 4.56. The Morgan fingerprint density at radius 3 is 2.93 bits per heavy atom. The standard InChI is InChI=1S/C23H28FN3/c1-27(13-4-7-23-25-21-5-2-3-6-22(21)26-23)14-12-17-8-9-19-16-20(24)11-10-18(19)15-17/h2-3,5-6,10-11,16-17H,4,7-9,12-15H2,1H3,(H,25,26)/t17-/m1/s1. The quantitative estimate of drug-likeness (QED) is 0.654. The molecule has 0 spiro atoms. The molecule has 0 fully saturated rings. The lowest BCUT2D eigenvalue weighted by atomic mass is 9.82. The summed E-state index contributed by atoms with van der Waals surface area (Å²) in [5, 5.41) is 0. The number of H-pyrrole nitrogens is 1. The number of halogens is 1.